The van der Waals surface area contributed by atoms with Crippen molar-refractivity contribution in [2.75, 3.05) is 20.2 Å². The van der Waals surface area contributed by atoms with Crippen LogP contribution in [0, 0.1) is 0 Å². The van der Waals surface area contributed by atoms with Gasteiger partial charge >= 0.3 is 0 Å². The summed E-state index contributed by atoms with van der Waals surface area (Å²) in [7, 11) is 1.65. The molecule has 0 spiro atoms. The van der Waals surface area contributed by atoms with Gasteiger partial charge in [-0.2, -0.15) is 0 Å². The van der Waals surface area contributed by atoms with Crippen molar-refractivity contribution in [1.82, 2.24) is 4.90 Å². The maximum absolute atomic E-state index is 11.9. The van der Waals surface area contributed by atoms with Crippen molar-refractivity contribution in [2.45, 2.75) is 25.3 Å². The minimum absolute atomic E-state index is 0. The summed E-state index contributed by atoms with van der Waals surface area (Å²) < 4.78 is 5.10. The Kier molecular flexibility index (Phi) is 6.12. The van der Waals surface area contributed by atoms with Crippen LogP contribution in [-0.4, -0.2) is 37.0 Å². The van der Waals surface area contributed by atoms with Crippen LogP contribution >= 0.6 is 12.4 Å². The number of amides is 1. The Morgan fingerprint density at radius 3 is 2.63 bits per heavy atom. The fourth-order valence-corrected chi connectivity index (χ4v) is 2.22. The van der Waals surface area contributed by atoms with Crippen LogP contribution in [0.15, 0.2) is 24.3 Å². The van der Waals surface area contributed by atoms with Crippen molar-refractivity contribution in [1.29, 1.82) is 0 Å². The zero-order valence-corrected chi connectivity index (χ0v) is 12.0. The summed E-state index contributed by atoms with van der Waals surface area (Å²) >= 11 is 0. The molecule has 0 radical (unpaired) electrons. The second-order valence-electron chi connectivity index (χ2n) is 4.74. The third kappa shape index (κ3) is 4.40. The lowest BCUT2D eigenvalue weighted by molar-refractivity contribution is -0.130. The van der Waals surface area contributed by atoms with Crippen LogP contribution < -0.4 is 10.5 Å². The summed E-state index contributed by atoms with van der Waals surface area (Å²) in [6.45, 7) is 1.52. The number of carbonyl (C=O) groups is 1. The molecule has 2 N–H and O–H groups in total. The molecule has 1 aromatic carbocycles. The SMILES string of the molecule is COc1ccc(CCC(=O)N2CCC(N)C2)cc1.Cl. The monoisotopic (exact) mass is 284 g/mol. The largest absolute Gasteiger partial charge is 0.497 e. The number of hydrogen-bond donors (Lipinski definition) is 1. The molecule has 0 aromatic heterocycles. The van der Waals surface area contributed by atoms with Crippen molar-refractivity contribution in [2.24, 2.45) is 5.73 Å². The van der Waals surface area contributed by atoms with Gasteiger partial charge in [0, 0.05) is 25.6 Å². The zero-order chi connectivity index (χ0) is 13.0. The van der Waals surface area contributed by atoms with Gasteiger partial charge < -0.3 is 15.4 Å². The molecule has 4 nitrogen and oxygen atoms in total. The fourth-order valence-electron chi connectivity index (χ4n) is 2.22. The smallest absolute Gasteiger partial charge is 0.222 e. The molecule has 2 rings (SSSR count). The number of methoxy groups -OCH3 is 1. The van der Waals surface area contributed by atoms with E-state index in [1.807, 2.05) is 29.2 Å². The second-order valence-corrected chi connectivity index (χ2v) is 4.74. The number of rotatable bonds is 4. The predicted molar refractivity (Wildman–Crippen MR) is 77.7 cm³/mol. The van der Waals surface area contributed by atoms with Crippen LogP contribution in [0.3, 0.4) is 0 Å². The molecule has 1 aliphatic heterocycles. The topological polar surface area (TPSA) is 55.6 Å². The van der Waals surface area contributed by atoms with Gasteiger partial charge in [0.05, 0.1) is 7.11 Å². The van der Waals surface area contributed by atoms with E-state index in [9.17, 15) is 4.79 Å². The summed E-state index contributed by atoms with van der Waals surface area (Å²) in [5.74, 6) is 1.05. The number of hydrogen-bond acceptors (Lipinski definition) is 3. The molecule has 0 aliphatic carbocycles. The van der Waals surface area contributed by atoms with Crippen LogP contribution in [0.25, 0.3) is 0 Å². The van der Waals surface area contributed by atoms with Gasteiger partial charge in [-0.15, -0.1) is 12.4 Å². The fraction of sp³-hybridized carbons (Fsp3) is 0.500. The number of benzene rings is 1. The Morgan fingerprint density at radius 1 is 1.42 bits per heavy atom. The first-order valence-electron chi connectivity index (χ1n) is 6.35. The highest BCUT2D eigenvalue weighted by Gasteiger charge is 2.22. The number of likely N-dealkylation sites (tertiary alicyclic amines) is 1. The maximum Gasteiger partial charge on any atom is 0.222 e. The van der Waals surface area contributed by atoms with Gasteiger partial charge in [-0.3, -0.25) is 4.79 Å². The summed E-state index contributed by atoms with van der Waals surface area (Å²) in [5.41, 5.74) is 6.95. The highest BCUT2D eigenvalue weighted by molar-refractivity contribution is 5.85. The molecular weight excluding hydrogens is 264 g/mol. The van der Waals surface area contributed by atoms with Crippen LogP contribution in [0.5, 0.6) is 5.75 Å². The van der Waals surface area contributed by atoms with Gasteiger partial charge in [-0.25, -0.2) is 0 Å². The minimum Gasteiger partial charge on any atom is -0.497 e. The molecule has 0 saturated carbocycles. The van der Waals surface area contributed by atoms with Crippen molar-refractivity contribution < 1.29 is 9.53 Å². The Balaban J connectivity index is 0.00000180. The Labute approximate surface area is 120 Å². The van der Waals surface area contributed by atoms with Gasteiger partial charge in [0.15, 0.2) is 0 Å². The highest BCUT2D eigenvalue weighted by Crippen LogP contribution is 2.14. The van der Waals surface area contributed by atoms with E-state index in [4.69, 9.17) is 10.5 Å². The molecule has 0 bridgehead atoms. The molecule has 1 aliphatic rings. The van der Waals surface area contributed by atoms with E-state index in [1.54, 1.807) is 7.11 Å². The van der Waals surface area contributed by atoms with Crippen molar-refractivity contribution in [3.05, 3.63) is 29.8 Å². The van der Waals surface area contributed by atoms with Gasteiger partial charge in [0.2, 0.25) is 5.91 Å². The van der Waals surface area contributed by atoms with Crippen LogP contribution in [-0.2, 0) is 11.2 Å². The summed E-state index contributed by atoms with van der Waals surface area (Å²) in [5, 5.41) is 0. The molecule has 5 heteroatoms. The Morgan fingerprint density at radius 2 is 2.11 bits per heavy atom. The van der Waals surface area contributed by atoms with Gasteiger partial charge in [-0.05, 0) is 30.5 Å². The zero-order valence-electron chi connectivity index (χ0n) is 11.2. The highest BCUT2D eigenvalue weighted by atomic mass is 35.5. The molecule has 19 heavy (non-hydrogen) atoms. The summed E-state index contributed by atoms with van der Waals surface area (Å²) in [4.78, 5) is 13.8. The number of nitrogens with two attached hydrogens (primary N) is 1. The normalized spacial score (nSPS) is 18.0. The van der Waals surface area contributed by atoms with Crippen molar-refractivity contribution in [3.63, 3.8) is 0 Å². The average Bonchev–Trinajstić information content (AvgIpc) is 2.83. The molecule has 1 unspecified atom stereocenters. The number of nitrogens with zero attached hydrogens (tertiary/aromatic N) is 1. The number of carbonyl (C=O) groups excluding carboxylic acids is 1. The van der Waals surface area contributed by atoms with Crippen molar-refractivity contribution in [3.8, 4) is 5.75 Å². The van der Waals surface area contributed by atoms with Gasteiger partial charge in [0.1, 0.15) is 5.75 Å². The number of aryl methyl sites for hydroxylation is 1. The van der Waals surface area contributed by atoms with Gasteiger partial charge in [-0.1, -0.05) is 12.1 Å². The molecule has 1 amide bonds. The first-order valence-corrected chi connectivity index (χ1v) is 6.35. The van der Waals surface area contributed by atoms with E-state index >= 15 is 0 Å². The lowest BCUT2D eigenvalue weighted by Gasteiger charge is -2.15. The summed E-state index contributed by atoms with van der Waals surface area (Å²) in [6.07, 6.45) is 2.25. The van der Waals surface area contributed by atoms with Crippen LogP contribution in [0.2, 0.25) is 0 Å². The third-order valence-corrected chi connectivity index (χ3v) is 3.36. The van der Waals surface area contributed by atoms with E-state index in [2.05, 4.69) is 0 Å². The minimum atomic E-state index is 0. The molecule has 1 saturated heterocycles. The lowest BCUT2D eigenvalue weighted by atomic mass is 10.1. The molecule has 1 atom stereocenters. The molecular formula is C14H21ClN2O2. The first-order chi connectivity index (χ1) is 8.69. The molecule has 106 valence electrons. The van der Waals surface area contributed by atoms with Crippen molar-refractivity contribution >= 4 is 18.3 Å². The first kappa shape index (κ1) is 15.8. The third-order valence-electron chi connectivity index (χ3n) is 3.36. The van der Waals surface area contributed by atoms with E-state index in [0.29, 0.717) is 13.0 Å². The number of ether oxygens (including phenoxy) is 1. The van der Waals surface area contributed by atoms with Gasteiger partial charge in [0.25, 0.3) is 0 Å². The maximum atomic E-state index is 11.9. The van der Waals surface area contributed by atoms with E-state index in [-0.39, 0.29) is 24.4 Å². The second kappa shape index (κ2) is 7.36. The molecule has 1 aromatic rings. The van der Waals surface area contributed by atoms with E-state index in [1.165, 1.54) is 0 Å². The van der Waals surface area contributed by atoms with E-state index < -0.39 is 0 Å². The lowest BCUT2D eigenvalue weighted by Crippen LogP contribution is -2.31. The van der Waals surface area contributed by atoms with Crippen LogP contribution in [0.1, 0.15) is 18.4 Å². The Bertz CT molecular complexity index is 408. The quantitative estimate of drug-likeness (QED) is 0.914. The predicted octanol–water partition coefficient (Wildman–Crippen LogP) is 1.61. The Hall–Kier alpha value is -1.26. The summed E-state index contributed by atoms with van der Waals surface area (Å²) in [6, 6.07) is 8.01. The standard InChI is InChI=1S/C14H20N2O2.ClH/c1-18-13-5-2-11(3-6-13)4-7-14(17)16-9-8-12(15)10-16;/h2-3,5-6,12H,4,7-10,15H2,1H3;1H. The molecule has 1 fully saturated rings. The van der Waals surface area contributed by atoms with Crippen LogP contribution in [0.4, 0.5) is 0 Å². The number of halogens is 1. The van der Waals surface area contributed by atoms with E-state index in [0.717, 1.165) is 30.7 Å². The molecule has 1 heterocycles. The average molecular weight is 285 g/mol.